The van der Waals surface area contributed by atoms with Crippen molar-refractivity contribution in [2.45, 2.75) is 44.7 Å². The Labute approximate surface area is 198 Å². The molecule has 2 aromatic rings. The summed E-state index contributed by atoms with van der Waals surface area (Å²) in [5.41, 5.74) is 2.86. The number of amides is 2. The number of ether oxygens (including phenoxy) is 1. The number of hydrogen-bond acceptors (Lipinski definition) is 6. The number of halogens is 1. The van der Waals surface area contributed by atoms with Gasteiger partial charge in [0.2, 0.25) is 11.9 Å². The van der Waals surface area contributed by atoms with Crippen LogP contribution in [0.3, 0.4) is 0 Å². The van der Waals surface area contributed by atoms with Crippen molar-refractivity contribution in [3.05, 3.63) is 40.5 Å². The van der Waals surface area contributed by atoms with E-state index in [4.69, 9.17) is 16.3 Å². The molecule has 0 atom stereocenters. The summed E-state index contributed by atoms with van der Waals surface area (Å²) >= 11 is 6.43. The van der Waals surface area contributed by atoms with Crippen LogP contribution in [0.5, 0.6) is 0 Å². The molecule has 9 heteroatoms. The van der Waals surface area contributed by atoms with Gasteiger partial charge >= 0.3 is 0 Å². The number of nitrogens with zero attached hydrogens (tertiary/aromatic N) is 4. The van der Waals surface area contributed by atoms with Gasteiger partial charge in [0.05, 0.1) is 16.9 Å². The van der Waals surface area contributed by atoms with E-state index in [0.717, 1.165) is 63.1 Å². The molecule has 4 heterocycles. The second-order valence-corrected chi connectivity index (χ2v) is 9.30. The number of hydrogen-bond donors (Lipinski definition) is 1. The quantitative estimate of drug-likeness (QED) is 0.722. The molecule has 2 amide bonds. The molecule has 3 aliphatic rings. The fourth-order valence-electron chi connectivity index (χ4n) is 4.71. The minimum Gasteiger partial charge on any atom is -0.381 e. The number of rotatable bonds is 5. The Balaban J connectivity index is 1.32. The second-order valence-electron chi connectivity index (χ2n) is 8.90. The molecule has 3 aliphatic heterocycles. The van der Waals surface area contributed by atoms with Gasteiger partial charge in [0.25, 0.3) is 5.91 Å². The number of piperidine rings is 1. The Hall–Kier alpha value is -2.71. The van der Waals surface area contributed by atoms with Gasteiger partial charge in [0, 0.05) is 50.0 Å². The molecule has 0 aliphatic carbocycles. The van der Waals surface area contributed by atoms with Gasteiger partial charge in [-0.05, 0) is 43.7 Å². The van der Waals surface area contributed by atoms with Gasteiger partial charge in [-0.2, -0.15) is 0 Å². The molecule has 0 radical (unpaired) electrons. The molecule has 1 aromatic carbocycles. The number of carbonyl (C=O) groups excluding carboxylic acids is 2. The van der Waals surface area contributed by atoms with Crippen LogP contribution in [0.25, 0.3) is 11.3 Å². The van der Waals surface area contributed by atoms with E-state index in [-0.39, 0.29) is 24.4 Å². The van der Waals surface area contributed by atoms with Crippen LogP contribution in [0.1, 0.15) is 48.0 Å². The molecule has 0 bridgehead atoms. The summed E-state index contributed by atoms with van der Waals surface area (Å²) in [6.45, 7) is 3.59. The number of likely N-dealkylation sites (tertiary alicyclic amines) is 1. The molecule has 33 heavy (non-hydrogen) atoms. The van der Waals surface area contributed by atoms with Crippen LogP contribution >= 0.6 is 11.6 Å². The first kappa shape index (κ1) is 22.1. The van der Waals surface area contributed by atoms with Crippen molar-refractivity contribution in [2.24, 2.45) is 0 Å². The van der Waals surface area contributed by atoms with Gasteiger partial charge in [-0.1, -0.05) is 23.7 Å². The van der Waals surface area contributed by atoms with Crippen LogP contribution in [-0.4, -0.2) is 70.5 Å². The Kier molecular flexibility index (Phi) is 6.46. The van der Waals surface area contributed by atoms with E-state index in [1.54, 1.807) is 11.1 Å². The summed E-state index contributed by atoms with van der Waals surface area (Å²) in [7, 11) is 0. The normalized spacial score (nSPS) is 19.0. The summed E-state index contributed by atoms with van der Waals surface area (Å²) in [6, 6.07) is 5.95. The molecule has 2 saturated heterocycles. The van der Waals surface area contributed by atoms with Gasteiger partial charge in [-0.25, -0.2) is 9.97 Å². The van der Waals surface area contributed by atoms with Crippen LogP contribution in [0.2, 0.25) is 5.02 Å². The molecule has 0 unspecified atom stereocenters. The maximum absolute atomic E-state index is 13.1. The second kappa shape index (κ2) is 9.65. The molecule has 1 aromatic heterocycles. The Morgan fingerprint density at radius 2 is 1.97 bits per heavy atom. The van der Waals surface area contributed by atoms with Gasteiger partial charge in [-0.15, -0.1) is 0 Å². The minimum absolute atomic E-state index is 0.0266. The molecule has 1 N–H and O–H groups in total. The standard InChI is InChI=1S/C24H28ClN5O3/c25-20-13-26-24(27-18-6-10-33-11-7-18)28-22(20)16-4-5-17-14-30(23(32)19(17)12-16)15-21(31)29-8-2-1-3-9-29/h4-5,12-13,18H,1-3,6-11,14-15H2,(H,26,27,28). The molecule has 8 nitrogen and oxygen atoms in total. The summed E-state index contributed by atoms with van der Waals surface area (Å²) in [5, 5.41) is 3.79. The van der Waals surface area contributed by atoms with Crippen molar-refractivity contribution in [1.29, 1.82) is 0 Å². The van der Waals surface area contributed by atoms with Gasteiger partial charge in [0.1, 0.15) is 6.54 Å². The monoisotopic (exact) mass is 469 g/mol. The van der Waals surface area contributed by atoms with Crippen molar-refractivity contribution in [1.82, 2.24) is 19.8 Å². The molecule has 0 saturated carbocycles. The van der Waals surface area contributed by atoms with E-state index in [9.17, 15) is 9.59 Å². The number of benzene rings is 1. The fraction of sp³-hybridized carbons (Fsp3) is 0.500. The SMILES string of the molecule is O=C(CN1Cc2ccc(-c3nc(NC4CCOCC4)ncc3Cl)cc2C1=O)N1CCCCC1. The fourth-order valence-corrected chi connectivity index (χ4v) is 4.91. The maximum Gasteiger partial charge on any atom is 0.254 e. The zero-order valence-corrected chi connectivity index (χ0v) is 19.3. The van der Waals surface area contributed by atoms with E-state index < -0.39 is 0 Å². The van der Waals surface area contributed by atoms with Crippen molar-refractivity contribution >= 4 is 29.4 Å². The summed E-state index contributed by atoms with van der Waals surface area (Å²) in [4.78, 5) is 38.2. The summed E-state index contributed by atoms with van der Waals surface area (Å²) in [6.07, 6.45) is 6.63. The zero-order chi connectivity index (χ0) is 22.8. The highest BCUT2D eigenvalue weighted by molar-refractivity contribution is 6.33. The minimum atomic E-state index is -0.122. The van der Waals surface area contributed by atoms with E-state index in [1.165, 1.54) is 6.42 Å². The van der Waals surface area contributed by atoms with Crippen molar-refractivity contribution < 1.29 is 14.3 Å². The largest absolute Gasteiger partial charge is 0.381 e. The zero-order valence-electron chi connectivity index (χ0n) is 18.6. The topological polar surface area (TPSA) is 87.7 Å². The van der Waals surface area contributed by atoms with Crippen LogP contribution in [0, 0.1) is 0 Å². The number of aromatic nitrogens is 2. The molecular formula is C24H28ClN5O3. The third-order valence-corrected chi connectivity index (χ3v) is 6.87. The van der Waals surface area contributed by atoms with E-state index in [0.29, 0.717) is 28.8 Å². The smallest absolute Gasteiger partial charge is 0.254 e. The number of nitrogens with one attached hydrogen (secondary N) is 1. The maximum atomic E-state index is 13.1. The van der Waals surface area contributed by atoms with Crippen LogP contribution in [-0.2, 0) is 16.1 Å². The highest BCUT2D eigenvalue weighted by Gasteiger charge is 2.31. The highest BCUT2D eigenvalue weighted by Crippen LogP contribution is 2.31. The van der Waals surface area contributed by atoms with E-state index in [2.05, 4.69) is 15.3 Å². The lowest BCUT2D eigenvalue weighted by Gasteiger charge is -2.28. The molecular weight excluding hydrogens is 442 g/mol. The van der Waals surface area contributed by atoms with E-state index in [1.807, 2.05) is 23.1 Å². The Morgan fingerprint density at radius 1 is 1.18 bits per heavy atom. The van der Waals surface area contributed by atoms with E-state index >= 15 is 0 Å². The van der Waals surface area contributed by atoms with Gasteiger partial charge < -0.3 is 19.9 Å². The average molecular weight is 470 g/mol. The highest BCUT2D eigenvalue weighted by atomic mass is 35.5. The first-order valence-corrected chi connectivity index (χ1v) is 12.0. The van der Waals surface area contributed by atoms with Crippen LogP contribution < -0.4 is 5.32 Å². The third kappa shape index (κ3) is 4.82. The molecule has 5 rings (SSSR count). The molecule has 174 valence electrons. The predicted molar refractivity (Wildman–Crippen MR) is 125 cm³/mol. The molecule has 0 spiro atoms. The van der Waals surface area contributed by atoms with Gasteiger partial charge in [0.15, 0.2) is 0 Å². The van der Waals surface area contributed by atoms with Crippen molar-refractivity contribution in [2.75, 3.05) is 38.2 Å². The lowest BCUT2D eigenvalue weighted by Crippen LogP contribution is -2.42. The average Bonchev–Trinajstić information content (AvgIpc) is 3.16. The molecule has 2 fully saturated rings. The predicted octanol–water partition coefficient (Wildman–Crippen LogP) is 3.36. The summed E-state index contributed by atoms with van der Waals surface area (Å²) in [5.74, 6) is 0.420. The Bertz CT molecular complexity index is 1050. The van der Waals surface area contributed by atoms with Crippen LogP contribution in [0.15, 0.2) is 24.4 Å². The lowest BCUT2D eigenvalue weighted by molar-refractivity contribution is -0.132. The van der Waals surface area contributed by atoms with Crippen LogP contribution in [0.4, 0.5) is 5.95 Å². The number of fused-ring (bicyclic) bond motifs is 1. The summed E-state index contributed by atoms with van der Waals surface area (Å²) < 4.78 is 5.41. The first-order valence-electron chi connectivity index (χ1n) is 11.7. The number of carbonyl (C=O) groups is 2. The van der Waals surface area contributed by atoms with Gasteiger partial charge in [-0.3, -0.25) is 9.59 Å². The number of anilines is 1. The van der Waals surface area contributed by atoms with Crippen molar-refractivity contribution in [3.63, 3.8) is 0 Å². The van der Waals surface area contributed by atoms with Crippen molar-refractivity contribution in [3.8, 4) is 11.3 Å². The third-order valence-electron chi connectivity index (χ3n) is 6.60. The lowest BCUT2D eigenvalue weighted by atomic mass is 10.0. The first-order chi connectivity index (χ1) is 16.1. The Morgan fingerprint density at radius 3 is 2.76 bits per heavy atom.